The zero-order valence-electron chi connectivity index (χ0n) is 22.5. The first-order valence-electron chi connectivity index (χ1n) is 12.9. The number of carbonyl (C=O) groups excluding carboxylic acids is 2. The Kier molecular flexibility index (Phi) is 7.87. The lowest BCUT2D eigenvalue weighted by molar-refractivity contribution is 0.0521. The first kappa shape index (κ1) is 26.6. The molecule has 0 spiro atoms. The summed E-state index contributed by atoms with van der Waals surface area (Å²) in [6.07, 6.45) is -0.507. The van der Waals surface area contributed by atoms with Gasteiger partial charge in [-0.3, -0.25) is 9.69 Å². The number of rotatable bonds is 9. The van der Waals surface area contributed by atoms with Crippen LogP contribution in [0.3, 0.4) is 0 Å². The molecular formula is C32H30N2O6. The highest BCUT2D eigenvalue weighted by Crippen LogP contribution is 2.38. The average molecular weight is 539 g/mol. The largest absolute Gasteiger partial charge is 0.497 e. The number of anilines is 2. The molecule has 1 aliphatic heterocycles. The maximum atomic E-state index is 13.8. The van der Waals surface area contributed by atoms with Crippen LogP contribution in [0, 0.1) is 0 Å². The molecule has 0 aromatic heterocycles. The lowest BCUT2D eigenvalue weighted by Gasteiger charge is -2.38. The monoisotopic (exact) mass is 538 g/mol. The van der Waals surface area contributed by atoms with E-state index in [0.717, 1.165) is 22.5 Å². The molecule has 0 aliphatic carbocycles. The molecule has 0 radical (unpaired) electrons. The van der Waals surface area contributed by atoms with E-state index in [2.05, 4.69) is 5.32 Å². The molecule has 1 amide bonds. The summed E-state index contributed by atoms with van der Waals surface area (Å²) in [5.74, 6) is 1.16. The van der Waals surface area contributed by atoms with Crippen molar-refractivity contribution >= 4 is 23.3 Å². The number of methoxy groups -OCH3 is 2. The van der Waals surface area contributed by atoms with Gasteiger partial charge in [0.25, 0.3) is 5.91 Å². The van der Waals surface area contributed by atoms with Crippen LogP contribution in [0.4, 0.5) is 11.4 Å². The predicted molar refractivity (Wildman–Crippen MR) is 152 cm³/mol. The molecule has 0 saturated carbocycles. The summed E-state index contributed by atoms with van der Waals surface area (Å²) in [5.41, 5.74) is 3.98. The van der Waals surface area contributed by atoms with Gasteiger partial charge in [0, 0.05) is 16.9 Å². The Hall–Kier alpha value is -4.98. The van der Waals surface area contributed by atoms with Gasteiger partial charge < -0.3 is 24.3 Å². The summed E-state index contributed by atoms with van der Waals surface area (Å²) < 4.78 is 22.2. The summed E-state index contributed by atoms with van der Waals surface area (Å²) in [7, 11) is 3.20. The second kappa shape index (κ2) is 11.8. The van der Waals surface area contributed by atoms with Crippen molar-refractivity contribution in [2.24, 2.45) is 0 Å². The van der Waals surface area contributed by atoms with E-state index in [9.17, 15) is 9.59 Å². The third-order valence-corrected chi connectivity index (χ3v) is 6.66. The highest BCUT2D eigenvalue weighted by Gasteiger charge is 2.34. The van der Waals surface area contributed by atoms with E-state index in [0.29, 0.717) is 28.4 Å². The van der Waals surface area contributed by atoms with Crippen LogP contribution < -0.4 is 24.4 Å². The highest BCUT2D eigenvalue weighted by molar-refractivity contribution is 6.12. The van der Waals surface area contributed by atoms with Crippen molar-refractivity contribution in [3.63, 3.8) is 0 Å². The molecule has 1 N–H and O–H groups in total. The Labute approximate surface area is 233 Å². The lowest BCUT2D eigenvalue weighted by Crippen LogP contribution is -2.43. The van der Waals surface area contributed by atoms with Crippen molar-refractivity contribution in [3.05, 3.63) is 113 Å². The van der Waals surface area contributed by atoms with Gasteiger partial charge in [-0.2, -0.15) is 0 Å². The summed E-state index contributed by atoms with van der Waals surface area (Å²) in [6, 6.07) is 27.5. The van der Waals surface area contributed by atoms with Gasteiger partial charge in [-0.15, -0.1) is 0 Å². The SMILES string of the molecule is CCOC(=O)c1ccccc1OCc1cc([C@H]2Nc3ccccc3C(=O)N2c2ccc(OC)cc2)ccc1OC. The number of ether oxygens (including phenoxy) is 4. The average Bonchev–Trinajstić information content (AvgIpc) is 3.00. The number of carbonyl (C=O) groups is 2. The van der Waals surface area contributed by atoms with Gasteiger partial charge in [0.05, 0.1) is 26.4 Å². The quantitative estimate of drug-likeness (QED) is 0.253. The molecule has 8 nitrogen and oxygen atoms in total. The summed E-state index contributed by atoms with van der Waals surface area (Å²) in [6.45, 7) is 2.16. The van der Waals surface area contributed by atoms with E-state index in [-0.39, 0.29) is 19.1 Å². The topological polar surface area (TPSA) is 86.3 Å². The zero-order valence-corrected chi connectivity index (χ0v) is 22.5. The maximum absolute atomic E-state index is 13.8. The Morgan fingerprint density at radius 3 is 2.38 bits per heavy atom. The van der Waals surface area contributed by atoms with Gasteiger partial charge in [0.15, 0.2) is 0 Å². The fourth-order valence-electron chi connectivity index (χ4n) is 4.70. The van der Waals surface area contributed by atoms with Crippen molar-refractivity contribution in [1.29, 1.82) is 0 Å². The minimum atomic E-state index is -0.507. The minimum Gasteiger partial charge on any atom is -0.497 e. The lowest BCUT2D eigenvalue weighted by atomic mass is 10.0. The molecule has 0 unspecified atom stereocenters. The molecule has 8 heteroatoms. The van der Waals surface area contributed by atoms with Crippen LogP contribution in [0.2, 0.25) is 0 Å². The predicted octanol–water partition coefficient (Wildman–Crippen LogP) is 6.23. The van der Waals surface area contributed by atoms with E-state index >= 15 is 0 Å². The third-order valence-electron chi connectivity index (χ3n) is 6.66. The van der Waals surface area contributed by atoms with Crippen molar-refractivity contribution in [1.82, 2.24) is 0 Å². The van der Waals surface area contributed by atoms with Gasteiger partial charge in [-0.1, -0.05) is 30.3 Å². The minimum absolute atomic E-state index is 0.124. The van der Waals surface area contributed by atoms with Crippen LogP contribution in [0.1, 0.15) is 44.9 Å². The number of esters is 1. The normalized spacial score (nSPS) is 14.1. The van der Waals surface area contributed by atoms with Crippen LogP contribution in [-0.4, -0.2) is 32.7 Å². The van der Waals surface area contributed by atoms with Crippen molar-refractivity contribution in [3.8, 4) is 17.2 Å². The molecular weight excluding hydrogens is 508 g/mol. The van der Waals surface area contributed by atoms with E-state index in [1.807, 2.05) is 66.7 Å². The number of hydrogen-bond donors (Lipinski definition) is 1. The second-order valence-corrected chi connectivity index (χ2v) is 9.04. The summed E-state index contributed by atoms with van der Waals surface area (Å²) >= 11 is 0. The maximum Gasteiger partial charge on any atom is 0.341 e. The molecule has 5 rings (SSSR count). The number of para-hydroxylation sites is 2. The van der Waals surface area contributed by atoms with E-state index < -0.39 is 12.1 Å². The van der Waals surface area contributed by atoms with E-state index in [1.165, 1.54) is 0 Å². The molecule has 1 atom stereocenters. The van der Waals surface area contributed by atoms with Crippen molar-refractivity contribution in [2.45, 2.75) is 19.7 Å². The molecule has 40 heavy (non-hydrogen) atoms. The molecule has 1 heterocycles. The fourth-order valence-corrected chi connectivity index (χ4v) is 4.70. The van der Waals surface area contributed by atoms with Gasteiger partial charge in [-0.05, 0) is 73.2 Å². The number of benzene rings is 4. The van der Waals surface area contributed by atoms with Crippen LogP contribution >= 0.6 is 0 Å². The number of nitrogens with zero attached hydrogens (tertiary/aromatic N) is 1. The smallest absolute Gasteiger partial charge is 0.341 e. The Morgan fingerprint density at radius 1 is 0.875 bits per heavy atom. The number of amides is 1. The summed E-state index contributed by atoms with van der Waals surface area (Å²) in [5, 5.41) is 3.53. The van der Waals surface area contributed by atoms with Crippen LogP contribution in [0.5, 0.6) is 17.2 Å². The van der Waals surface area contributed by atoms with Crippen LogP contribution in [0.25, 0.3) is 0 Å². The molecule has 1 aliphatic rings. The van der Waals surface area contributed by atoms with Gasteiger partial charge in [0.1, 0.15) is 35.6 Å². The third kappa shape index (κ3) is 5.29. The number of nitrogens with one attached hydrogen (secondary N) is 1. The Balaban J connectivity index is 1.50. The van der Waals surface area contributed by atoms with Crippen molar-refractivity contribution in [2.75, 3.05) is 31.0 Å². The van der Waals surface area contributed by atoms with Crippen molar-refractivity contribution < 1.29 is 28.5 Å². The number of hydrogen-bond acceptors (Lipinski definition) is 7. The zero-order chi connectivity index (χ0) is 28.1. The fraction of sp³-hybridized carbons (Fsp3) is 0.188. The molecule has 0 saturated heterocycles. The molecule has 0 fully saturated rings. The Morgan fingerprint density at radius 2 is 1.62 bits per heavy atom. The van der Waals surface area contributed by atoms with Gasteiger partial charge in [0.2, 0.25) is 0 Å². The van der Waals surface area contributed by atoms with Gasteiger partial charge in [-0.25, -0.2) is 4.79 Å². The van der Waals surface area contributed by atoms with E-state index in [1.54, 1.807) is 50.3 Å². The molecule has 0 bridgehead atoms. The number of fused-ring (bicyclic) bond motifs is 1. The first-order valence-corrected chi connectivity index (χ1v) is 12.9. The second-order valence-electron chi connectivity index (χ2n) is 9.04. The van der Waals surface area contributed by atoms with Gasteiger partial charge >= 0.3 is 5.97 Å². The molecule has 4 aromatic rings. The van der Waals surface area contributed by atoms with Crippen LogP contribution in [-0.2, 0) is 11.3 Å². The Bertz CT molecular complexity index is 1520. The molecule has 204 valence electrons. The summed E-state index contributed by atoms with van der Waals surface area (Å²) in [4.78, 5) is 27.9. The molecule has 4 aromatic carbocycles. The van der Waals surface area contributed by atoms with Crippen LogP contribution in [0.15, 0.2) is 91.0 Å². The van der Waals surface area contributed by atoms with E-state index in [4.69, 9.17) is 18.9 Å². The highest BCUT2D eigenvalue weighted by atomic mass is 16.5. The standard InChI is InChI=1S/C32H30N2O6/c1-4-39-32(36)26-10-6-8-12-29(26)40-20-22-19-21(13-18-28(22)38-3)30-33-27-11-7-5-9-25(27)31(35)34(30)23-14-16-24(37-2)17-15-23/h5-19,30,33H,4,20H2,1-3H3/t30-/m0/s1. The first-order chi connectivity index (χ1) is 19.5.